The van der Waals surface area contributed by atoms with Gasteiger partial charge in [0.15, 0.2) is 11.5 Å². The third kappa shape index (κ3) is 2.73. The molecule has 0 bridgehead atoms. The van der Waals surface area contributed by atoms with Crippen LogP contribution < -0.4 is 5.73 Å². The summed E-state index contributed by atoms with van der Waals surface area (Å²) in [6.45, 7) is 0.0114. The number of imidazole rings is 1. The summed E-state index contributed by atoms with van der Waals surface area (Å²) in [6, 6.07) is 15.7. The number of pyridine rings is 2. The van der Waals surface area contributed by atoms with E-state index in [1.54, 1.807) is 6.20 Å². The topological polar surface area (TPSA) is 89.9 Å². The Morgan fingerprint density at radius 1 is 1.04 bits per heavy atom. The number of fused-ring (bicyclic) bond motifs is 1. The summed E-state index contributed by atoms with van der Waals surface area (Å²) >= 11 is 0. The first-order valence-electron chi connectivity index (χ1n) is 9.55. The van der Waals surface area contributed by atoms with E-state index in [9.17, 15) is 5.11 Å². The molecule has 6 nitrogen and oxygen atoms in total. The maximum absolute atomic E-state index is 9.37. The molecule has 1 aromatic carbocycles. The van der Waals surface area contributed by atoms with Gasteiger partial charge in [-0.25, -0.2) is 15.0 Å². The number of rotatable bonds is 4. The van der Waals surface area contributed by atoms with Gasteiger partial charge in [-0.05, 0) is 54.8 Å². The van der Waals surface area contributed by atoms with E-state index in [-0.39, 0.29) is 6.61 Å². The van der Waals surface area contributed by atoms with Crippen LogP contribution in [0.25, 0.3) is 28.2 Å². The number of hydrogen-bond donors (Lipinski definition) is 2. The van der Waals surface area contributed by atoms with Gasteiger partial charge in [-0.15, -0.1) is 0 Å². The smallest absolute Gasteiger partial charge is 0.165 e. The Bertz CT molecular complexity index is 1150. The van der Waals surface area contributed by atoms with Gasteiger partial charge in [0.1, 0.15) is 11.3 Å². The van der Waals surface area contributed by atoms with Gasteiger partial charge in [0.05, 0.1) is 12.2 Å². The second-order valence-electron chi connectivity index (χ2n) is 7.24. The van der Waals surface area contributed by atoms with Gasteiger partial charge in [0.25, 0.3) is 0 Å². The number of anilines is 1. The van der Waals surface area contributed by atoms with E-state index in [4.69, 9.17) is 15.7 Å². The van der Waals surface area contributed by atoms with Crippen LogP contribution in [0.5, 0.6) is 0 Å². The van der Waals surface area contributed by atoms with E-state index < -0.39 is 0 Å². The zero-order valence-corrected chi connectivity index (χ0v) is 15.4. The molecule has 6 heteroatoms. The molecule has 4 aromatic rings. The van der Waals surface area contributed by atoms with Gasteiger partial charge >= 0.3 is 0 Å². The van der Waals surface area contributed by atoms with E-state index in [2.05, 4.69) is 11.1 Å². The summed E-state index contributed by atoms with van der Waals surface area (Å²) in [5.74, 6) is 1.69. The number of nitrogens with two attached hydrogens (primary N) is 1. The van der Waals surface area contributed by atoms with Crippen molar-refractivity contribution in [3.63, 3.8) is 0 Å². The number of nitrogen functional groups attached to an aromatic ring is 1. The molecule has 28 heavy (non-hydrogen) atoms. The third-order valence-electron chi connectivity index (χ3n) is 5.51. The molecular weight excluding hydrogens is 350 g/mol. The highest BCUT2D eigenvalue weighted by Crippen LogP contribution is 2.37. The largest absolute Gasteiger partial charge is 0.392 e. The monoisotopic (exact) mass is 371 g/mol. The second-order valence-corrected chi connectivity index (χ2v) is 7.24. The molecule has 0 amide bonds. The Morgan fingerprint density at radius 3 is 2.54 bits per heavy atom. The molecule has 3 heterocycles. The summed E-state index contributed by atoms with van der Waals surface area (Å²) in [4.78, 5) is 14.0. The minimum absolute atomic E-state index is 0.0114. The number of nitrogens with zero attached hydrogens (tertiary/aromatic N) is 4. The second kappa shape index (κ2) is 6.73. The number of hydrogen-bond acceptors (Lipinski definition) is 5. The summed E-state index contributed by atoms with van der Waals surface area (Å²) in [6.07, 6.45) is 5.33. The molecule has 0 aliphatic heterocycles. The van der Waals surface area contributed by atoms with Gasteiger partial charge in [0, 0.05) is 23.5 Å². The normalized spacial score (nSPS) is 14.3. The van der Waals surface area contributed by atoms with E-state index in [0.29, 0.717) is 11.7 Å². The van der Waals surface area contributed by atoms with Crippen molar-refractivity contribution in [1.82, 2.24) is 19.5 Å². The van der Waals surface area contributed by atoms with Crippen molar-refractivity contribution in [3.8, 4) is 17.1 Å². The number of benzene rings is 1. The molecular formula is C22H21N5O. The molecule has 3 N–H and O–H groups in total. The van der Waals surface area contributed by atoms with Crippen LogP contribution in [-0.2, 0) is 6.61 Å². The highest BCUT2D eigenvalue weighted by atomic mass is 16.3. The van der Waals surface area contributed by atoms with Crippen LogP contribution >= 0.6 is 0 Å². The molecule has 5 rings (SSSR count). The van der Waals surface area contributed by atoms with Crippen LogP contribution in [0.3, 0.4) is 0 Å². The molecule has 0 spiro atoms. The van der Waals surface area contributed by atoms with Crippen LogP contribution in [0.15, 0.2) is 54.7 Å². The van der Waals surface area contributed by atoms with Crippen LogP contribution in [0.1, 0.15) is 36.4 Å². The van der Waals surface area contributed by atoms with Gasteiger partial charge in [0.2, 0.25) is 0 Å². The van der Waals surface area contributed by atoms with Crippen LogP contribution in [0, 0.1) is 0 Å². The van der Waals surface area contributed by atoms with Crippen molar-refractivity contribution in [1.29, 1.82) is 0 Å². The Labute approximate surface area is 162 Å². The van der Waals surface area contributed by atoms with E-state index in [1.807, 2.05) is 47.0 Å². The lowest BCUT2D eigenvalue weighted by molar-refractivity contribution is 0.282. The first-order valence-corrected chi connectivity index (χ1v) is 9.55. The number of aromatic nitrogens is 4. The fourth-order valence-corrected chi connectivity index (χ4v) is 3.69. The highest BCUT2D eigenvalue weighted by Gasteiger charge is 2.23. The summed E-state index contributed by atoms with van der Waals surface area (Å²) in [7, 11) is 0. The zero-order valence-electron chi connectivity index (χ0n) is 15.4. The van der Waals surface area contributed by atoms with Gasteiger partial charge < -0.3 is 10.8 Å². The lowest BCUT2D eigenvalue weighted by Crippen LogP contribution is -2.11. The lowest BCUT2D eigenvalue weighted by atomic mass is 9.83. The average Bonchev–Trinajstić information content (AvgIpc) is 3.05. The maximum atomic E-state index is 9.37. The first kappa shape index (κ1) is 16.9. The standard InChI is InChI=1S/C22H21N5O/c23-20-17(5-2-12-24-20)21-26-19-11-10-18(15-3-1-4-15)25-22(19)27(21)16-8-6-14(13-28)7-9-16/h2,5-12,15,28H,1,3-4,13H2,(H2,23,24). The molecule has 0 radical (unpaired) electrons. The third-order valence-corrected chi connectivity index (χ3v) is 5.51. The van der Waals surface area contributed by atoms with Crippen molar-refractivity contribution < 1.29 is 5.11 Å². The molecule has 0 atom stereocenters. The fourth-order valence-electron chi connectivity index (χ4n) is 3.69. The predicted molar refractivity (Wildman–Crippen MR) is 109 cm³/mol. The minimum Gasteiger partial charge on any atom is -0.392 e. The van der Waals surface area contributed by atoms with Gasteiger partial charge in [-0.1, -0.05) is 18.6 Å². The first-order chi connectivity index (χ1) is 13.7. The van der Waals surface area contributed by atoms with Gasteiger partial charge in [-0.3, -0.25) is 4.57 Å². The average molecular weight is 371 g/mol. The van der Waals surface area contributed by atoms with Gasteiger partial charge in [-0.2, -0.15) is 0 Å². The van der Waals surface area contributed by atoms with Crippen molar-refractivity contribution in [2.75, 3.05) is 5.73 Å². The Morgan fingerprint density at radius 2 is 1.86 bits per heavy atom. The molecule has 140 valence electrons. The van der Waals surface area contributed by atoms with Crippen LogP contribution in [0.2, 0.25) is 0 Å². The molecule has 1 aliphatic rings. The zero-order chi connectivity index (χ0) is 19.1. The molecule has 1 saturated carbocycles. The minimum atomic E-state index is 0.0114. The van der Waals surface area contributed by atoms with Crippen LogP contribution in [-0.4, -0.2) is 24.6 Å². The quantitative estimate of drug-likeness (QED) is 0.569. The van der Waals surface area contributed by atoms with Crippen LogP contribution in [0.4, 0.5) is 5.82 Å². The Hall–Kier alpha value is -3.25. The number of aliphatic hydroxyl groups is 1. The van der Waals surface area contributed by atoms with Crippen molar-refractivity contribution >= 4 is 17.0 Å². The molecule has 3 aromatic heterocycles. The summed E-state index contributed by atoms with van der Waals surface area (Å²) in [5, 5.41) is 9.37. The molecule has 0 saturated heterocycles. The van der Waals surface area contributed by atoms with E-state index in [1.165, 1.54) is 19.3 Å². The lowest BCUT2D eigenvalue weighted by Gasteiger charge is -2.24. The summed E-state index contributed by atoms with van der Waals surface area (Å²) in [5.41, 5.74) is 11.5. The Balaban J connectivity index is 1.76. The number of aliphatic hydroxyl groups excluding tert-OH is 1. The van der Waals surface area contributed by atoms with E-state index >= 15 is 0 Å². The summed E-state index contributed by atoms with van der Waals surface area (Å²) < 4.78 is 2.03. The van der Waals surface area contributed by atoms with Crippen molar-refractivity contribution in [2.45, 2.75) is 31.8 Å². The predicted octanol–water partition coefficient (Wildman–Crippen LogP) is 3.82. The molecule has 0 unspecified atom stereocenters. The fraction of sp³-hybridized carbons (Fsp3) is 0.227. The highest BCUT2D eigenvalue weighted by molar-refractivity contribution is 5.82. The maximum Gasteiger partial charge on any atom is 0.165 e. The van der Waals surface area contributed by atoms with E-state index in [0.717, 1.165) is 39.5 Å². The molecule has 1 fully saturated rings. The molecule has 1 aliphatic carbocycles. The Kier molecular flexibility index (Phi) is 4.06. The SMILES string of the molecule is Nc1ncccc1-c1nc2ccc(C3CCC3)nc2n1-c1ccc(CO)cc1. The van der Waals surface area contributed by atoms with Crippen molar-refractivity contribution in [3.05, 3.63) is 66.0 Å². The van der Waals surface area contributed by atoms with Crippen molar-refractivity contribution in [2.24, 2.45) is 0 Å².